The lowest BCUT2D eigenvalue weighted by molar-refractivity contribution is -0.207. The Hall–Kier alpha value is -3.31. The highest BCUT2D eigenvalue weighted by Crippen LogP contribution is 2.16. The van der Waals surface area contributed by atoms with Gasteiger partial charge < -0.3 is 19.0 Å². The second-order valence-corrected chi connectivity index (χ2v) is 7.71. The molecular weight excluding hydrogens is 418 g/mol. The van der Waals surface area contributed by atoms with Crippen LogP contribution in [0.5, 0.6) is 0 Å². The number of ether oxygens (including phenoxy) is 3. The lowest BCUT2D eigenvalue weighted by Gasteiger charge is -2.23. The van der Waals surface area contributed by atoms with Gasteiger partial charge >= 0.3 is 23.9 Å². The van der Waals surface area contributed by atoms with Crippen molar-refractivity contribution in [3.05, 3.63) is 0 Å². The number of rotatable bonds is 9. The second-order valence-electron chi connectivity index (χ2n) is 7.71. The van der Waals surface area contributed by atoms with E-state index in [4.69, 9.17) is 14.2 Å². The number of hydrogen-bond donors (Lipinski definition) is 0. The summed E-state index contributed by atoms with van der Waals surface area (Å²) in [6.45, 7) is 6.85. The Balaban J connectivity index is 2.93. The maximum Gasteiger partial charge on any atom is 0.373 e. The molecule has 0 aromatic heterocycles. The normalized spacial score (nSPS) is 15.7. The third kappa shape index (κ3) is 8.93. The summed E-state index contributed by atoms with van der Waals surface area (Å²) in [5, 5.41) is 0.230. The molecule has 2 amide bonds. The third-order valence-corrected chi connectivity index (χ3v) is 3.52. The van der Waals surface area contributed by atoms with Crippen LogP contribution >= 0.6 is 0 Å². The molecule has 172 valence electrons. The summed E-state index contributed by atoms with van der Waals surface area (Å²) in [6, 6.07) is 0. The van der Waals surface area contributed by atoms with Crippen LogP contribution in [-0.4, -0.2) is 64.3 Å². The highest BCUT2D eigenvalue weighted by Gasteiger charge is 2.38. The van der Waals surface area contributed by atoms with Gasteiger partial charge in [-0.05, 0) is 27.7 Å². The fraction of sp³-hybridized carbons (Fsp3) is 0.632. The Bertz CT molecular complexity index is 764. The number of ketones is 1. The van der Waals surface area contributed by atoms with E-state index in [1.807, 2.05) is 0 Å². The fourth-order valence-corrected chi connectivity index (χ4v) is 2.36. The van der Waals surface area contributed by atoms with Gasteiger partial charge in [0.15, 0.2) is 0 Å². The molecule has 0 N–H and O–H groups in total. The molecule has 0 aromatic carbocycles. The molecule has 1 aliphatic heterocycles. The van der Waals surface area contributed by atoms with Gasteiger partial charge in [-0.25, -0.2) is 9.59 Å². The molecule has 1 aliphatic rings. The van der Waals surface area contributed by atoms with E-state index in [-0.39, 0.29) is 17.9 Å². The van der Waals surface area contributed by atoms with Crippen molar-refractivity contribution in [2.75, 3.05) is 0 Å². The summed E-state index contributed by atoms with van der Waals surface area (Å²) in [6.07, 6.45) is -5.27. The van der Waals surface area contributed by atoms with E-state index in [2.05, 4.69) is 4.84 Å². The molecule has 1 rings (SSSR count). The summed E-state index contributed by atoms with van der Waals surface area (Å²) in [5.41, 5.74) is -0.877. The Kier molecular flexibility index (Phi) is 8.83. The summed E-state index contributed by atoms with van der Waals surface area (Å²) in [5.74, 6) is -6.58. The number of hydrogen-bond acceptors (Lipinski definition) is 11. The molecule has 0 saturated carbocycles. The van der Waals surface area contributed by atoms with Crippen LogP contribution in [0.3, 0.4) is 0 Å². The van der Waals surface area contributed by atoms with Crippen molar-refractivity contribution >= 4 is 41.5 Å². The third-order valence-electron chi connectivity index (χ3n) is 3.52. The molecule has 0 spiro atoms. The number of imide groups is 1. The van der Waals surface area contributed by atoms with E-state index >= 15 is 0 Å². The van der Waals surface area contributed by atoms with Gasteiger partial charge in [0, 0.05) is 19.8 Å². The van der Waals surface area contributed by atoms with Crippen LogP contribution in [0.2, 0.25) is 0 Å². The number of esters is 3. The number of hydroxylamine groups is 2. The zero-order valence-electron chi connectivity index (χ0n) is 17.9. The fourth-order valence-electron chi connectivity index (χ4n) is 2.36. The largest absolute Gasteiger partial charge is 0.460 e. The van der Waals surface area contributed by atoms with Crippen molar-refractivity contribution in [2.45, 2.75) is 78.1 Å². The molecule has 0 radical (unpaired) electrons. The van der Waals surface area contributed by atoms with E-state index in [0.29, 0.717) is 0 Å². The van der Waals surface area contributed by atoms with Crippen molar-refractivity contribution in [3.63, 3.8) is 0 Å². The van der Waals surface area contributed by atoms with Gasteiger partial charge in [-0.15, -0.1) is 5.06 Å². The molecule has 1 saturated heterocycles. The first kappa shape index (κ1) is 25.7. The molecular formula is C19H25NO11. The maximum absolute atomic E-state index is 12.5. The van der Waals surface area contributed by atoms with Crippen LogP contribution < -0.4 is 0 Å². The Morgan fingerprint density at radius 1 is 0.871 bits per heavy atom. The van der Waals surface area contributed by atoms with Gasteiger partial charge in [-0.1, -0.05) is 0 Å². The van der Waals surface area contributed by atoms with Crippen LogP contribution in [0.15, 0.2) is 0 Å². The van der Waals surface area contributed by atoms with E-state index in [9.17, 15) is 33.6 Å². The van der Waals surface area contributed by atoms with Crippen molar-refractivity contribution in [3.8, 4) is 0 Å². The summed E-state index contributed by atoms with van der Waals surface area (Å²) in [4.78, 5) is 87.5. The summed E-state index contributed by atoms with van der Waals surface area (Å²) in [7, 11) is 0. The maximum atomic E-state index is 12.5. The lowest BCUT2D eigenvalue weighted by atomic mass is 10.1. The smallest absolute Gasteiger partial charge is 0.373 e. The quantitative estimate of drug-likeness (QED) is 0.271. The van der Waals surface area contributed by atoms with Gasteiger partial charge in [0.25, 0.3) is 11.8 Å². The lowest BCUT2D eigenvalue weighted by Crippen LogP contribution is -2.42. The molecule has 1 fully saturated rings. The van der Waals surface area contributed by atoms with E-state index in [1.165, 1.54) is 0 Å². The van der Waals surface area contributed by atoms with Crippen molar-refractivity contribution in [1.29, 1.82) is 0 Å². The van der Waals surface area contributed by atoms with Gasteiger partial charge in [-0.2, -0.15) is 0 Å². The number of amides is 2. The Morgan fingerprint density at radius 3 is 1.84 bits per heavy atom. The average molecular weight is 443 g/mol. The van der Waals surface area contributed by atoms with Crippen LogP contribution in [0, 0.1) is 0 Å². The molecule has 0 aliphatic carbocycles. The predicted octanol–water partition coefficient (Wildman–Crippen LogP) is 0.148. The van der Waals surface area contributed by atoms with E-state index < -0.39 is 72.1 Å². The summed E-state index contributed by atoms with van der Waals surface area (Å²) >= 11 is 0. The standard InChI is InChI=1S/C19H25NO11/c1-10(21)8-12(18(27)31-20-14(23)6-7-15(20)24)29-17(26)13(28-11(2)22)9-16(25)30-19(3,4)5/h12-13H,6-9H2,1-5H3/t12-,13-/m0/s1. The first-order chi connectivity index (χ1) is 14.2. The molecule has 0 unspecified atom stereocenters. The van der Waals surface area contributed by atoms with E-state index in [1.54, 1.807) is 20.8 Å². The second kappa shape index (κ2) is 10.6. The van der Waals surface area contributed by atoms with Crippen LogP contribution in [0.1, 0.15) is 60.3 Å². The van der Waals surface area contributed by atoms with Crippen LogP contribution in [-0.2, 0) is 52.6 Å². The first-order valence-electron chi connectivity index (χ1n) is 9.36. The SMILES string of the molecule is CC(=O)C[C@H](OC(=O)[C@H](CC(=O)OC(C)(C)C)OC(C)=O)C(=O)ON1C(=O)CCC1=O. The van der Waals surface area contributed by atoms with Crippen LogP contribution in [0.4, 0.5) is 0 Å². The molecule has 1 heterocycles. The van der Waals surface area contributed by atoms with Crippen molar-refractivity contribution in [2.24, 2.45) is 0 Å². The zero-order chi connectivity index (χ0) is 23.9. The highest BCUT2D eigenvalue weighted by molar-refractivity contribution is 6.02. The monoisotopic (exact) mass is 443 g/mol. The van der Waals surface area contributed by atoms with Crippen LogP contribution in [0.25, 0.3) is 0 Å². The topological polar surface area (TPSA) is 160 Å². The predicted molar refractivity (Wildman–Crippen MR) is 98.4 cm³/mol. The van der Waals surface area contributed by atoms with Gasteiger partial charge in [-0.3, -0.25) is 24.0 Å². The highest BCUT2D eigenvalue weighted by atomic mass is 16.7. The zero-order valence-corrected chi connectivity index (χ0v) is 17.9. The van der Waals surface area contributed by atoms with E-state index in [0.717, 1.165) is 13.8 Å². The minimum absolute atomic E-state index is 0.159. The molecule has 12 nitrogen and oxygen atoms in total. The Morgan fingerprint density at radius 2 is 1.39 bits per heavy atom. The van der Waals surface area contributed by atoms with Gasteiger partial charge in [0.1, 0.15) is 11.4 Å². The molecule has 0 aromatic rings. The van der Waals surface area contributed by atoms with Gasteiger partial charge in [0.05, 0.1) is 12.8 Å². The number of carbonyl (C=O) groups is 7. The summed E-state index contributed by atoms with van der Waals surface area (Å²) < 4.78 is 14.8. The molecule has 31 heavy (non-hydrogen) atoms. The first-order valence-corrected chi connectivity index (χ1v) is 9.36. The number of Topliss-reactive ketones (excluding diaryl/α,β-unsaturated/α-hetero) is 1. The van der Waals surface area contributed by atoms with Crippen molar-refractivity contribution in [1.82, 2.24) is 5.06 Å². The Labute approximate surface area is 178 Å². The van der Waals surface area contributed by atoms with Crippen molar-refractivity contribution < 1.29 is 52.6 Å². The minimum atomic E-state index is -1.84. The van der Waals surface area contributed by atoms with Gasteiger partial charge in [0.2, 0.25) is 12.2 Å². The molecule has 12 heteroatoms. The number of carbonyl (C=O) groups excluding carboxylic acids is 7. The molecule has 2 atom stereocenters. The molecule has 0 bridgehead atoms. The average Bonchev–Trinajstić information content (AvgIpc) is 2.90. The number of nitrogens with zero attached hydrogens (tertiary/aromatic N) is 1. The minimum Gasteiger partial charge on any atom is -0.460 e.